The van der Waals surface area contributed by atoms with Gasteiger partial charge in [-0.15, -0.1) is 0 Å². The molecule has 0 fully saturated rings. The third-order valence-electron chi connectivity index (χ3n) is 2.58. The van der Waals surface area contributed by atoms with Crippen molar-refractivity contribution in [3.8, 4) is 0 Å². The van der Waals surface area contributed by atoms with E-state index in [1.807, 2.05) is 7.05 Å². The van der Waals surface area contributed by atoms with E-state index in [1.54, 1.807) is 6.92 Å². The standard InChI is InChI=1S/C15H31NO6/c1-15(17)3-5-18-7-9-20-11-13-22-14-12-21-10-8-19-6-4-16-2/h16H,3-14H2,1-2H3. The van der Waals surface area contributed by atoms with Gasteiger partial charge < -0.3 is 29.0 Å². The van der Waals surface area contributed by atoms with Gasteiger partial charge in [-0.2, -0.15) is 0 Å². The number of hydrogen-bond donors (Lipinski definition) is 1. The highest BCUT2D eigenvalue weighted by Gasteiger charge is 1.95. The minimum absolute atomic E-state index is 0.140. The number of likely N-dealkylation sites (N-methyl/N-ethyl adjacent to an activating group) is 1. The van der Waals surface area contributed by atoms with Crippen molar-refractivity contribution in [2.45, 2.75) is 13.3 Å². The zero-order valence-electron chi connectivity index (χ0n) is 13.9. The van der Waals surface area contributed by atoms with Gasteiger partial charge in [0.05, 0.1) is 66.1 Å². The van der Waals surface area contributed by atoms with Crippen LogP contribution < -0.4 is 5.32 Å². The number of carbonyl (C=O) groups is 1. The van der Waals surface area contributed by atoms with Crippen LogP contribution in [-0.4, -0.2) is 85.4 Å². The number of nitrogens with one attached hydrogen (secondary N) is 1. The summed E-state index contributed by atoms with van der Waals surface area (Å²) in [4.78, 5) is 10.7. The summed E-state index contributed by atoms with van der Waals surface area (Å²) < 4.78 is 26.6. The van der Waals surface area contributed by atoms with Crippen molar-refractivity contribution in [3.63, 3.8) is 0 Å². The fourth-order valence-corrected chi connectivity index (χ4v) is 1.37. The smallest absolute Gasteiger partial charge is 0.132 e. The van der Waals surface area contributed by atoms with Crippen molar-refractivity contribution >= 4 is 5.78 Å². The van der Waals surface area contributed by atoms with Crippen molar-refractivity contribution in [2.75, 3.05) is 79.7 Å². The molecular formula is C15H31NO6. The quantitative estimate of drug-likeness (QED) is 0.363. The summed E-state index contributed by atoms with van der Waals surface area (Å²) in [5.41, 5.74) is 0. The highest BCUT2D eigenvalue weighted by molar-refractivity contribution is 5.75. The molecule has 0 spiro atoms. The highest BCUT2D eigenvalue weighted by Crippen LogP contribution is 1.86. The van der Waals surface area contributed by atoms with Crippen LogP contribution >= 0.6 is 0 Å². The summed E-state index contributed by atoms with van der Waals surface area (Å²) in [5.74, 6) is 0.140. The normalized spacial score (nSPS) is 11.0. The third kappa shape index (κ3) is 19.4. The predicted molar refractivity (Wildman–Crippen MR) is 83.3 cm³/mol. The summed E-state index contributed by atoms with van der Waals surface area (Å²) in [5, 5.41) is 3.00. The second kappa shape index (κ2) is 18.5. The Hall–Kier alpha value is -0.570. The van der Waals surface area contributed by atoms with E-state index < -0.39 is 0 Å². The predicted octanol–water partition coefficient (Wildman–Crippen LogP) is 0.268. The van der Waals surface area contributed by atoms with E-state index in [0.717, 1.165) is 6.54 Å². The first-order valence-electron chi connectivity index (χ1n) is 7.80. The Balaban J connectivity index is 2.95. The van der Waals surface area contributed by atoms with E-state index in [0.29, 0.717) is 72.5 Å². The van der Waals surface area contributed by atoms with Gasteiger partial charge in [0.25, 0.3) is 0 Å². The number of rotatable bonds is 18. The summed E-state index contributed by atoms with van der Waals surface area (Å²) in [6.07, 6.45) is 0.462. The Bertz CT molecular complexity index is 240. The zero-order chi connectivity index (χ0) is 16.3. The lowest BCUT2D eigenvalue weighted by Crippen LogP contribution is -2.17. The van der Waals surface area contributed by atoms with Crippen molar-refractivity contribution in [3.05, 3.63) is 0 Å². The minimum Gasteiger partial charge on any atom is -0.379 e. The van der Waals surface area contributed by atoms with Crippen LogP contribution in [0, 0.1) is 0 Å². The Kier molecular flexibility index (Phi) is 18.0. The summed E-state index contributed by atoms with van der Waals surface area (Å²) in [6, 6.07) is 0. The molecule has 0 rings (SSSR count). The molecular weight excluding hydrogens is 290 g/mol. The summed E-state index contributed by atoms with van der Waals surface area (Å²) >= 11 is 0. The molecule has 0 heterocycles. The maximum absolute atomic E-state index is 10.7. The van der Waals surface area contributed by atoms with Crippen molar-refractivity contribution in [1.29, 1.82) is 0 Å². The van der Waals surface area contributed by atoms with Crippen LogP contribution in [0.25, 0.3) is 0 Å². The van der Waals surface area contributed by atoms with Crippen LogP contribution in [0.5, 0.6) is 0 Å². The lowest BCUT2D eigenvalue weighted by atomic mass is 10.3. The molecule has 0 aromatic heterocycles. The molecule has 0 aromatic rings. The molecule has 1 N–H and O–H groups in total. The molecule has 0 unspecified atom stereocenters. The average molecular weight is 321 g/mol. The zero-order valence-corrected chi connectivity index (χ0v) is 13.9. The van der Waals surface area contributed by atoms with E-state index in [4.69, 9.17) is 23.7 Å². The van der Waals surface area contributed by atoms with Gasteiger partial charge in [-0.05, 0) is 14.0 Å². The molecule has 7 nitrogen and oxygen atoms in total. The number of ether oxygens (including phenoxy) is 5. The molecule has 22 heavy (non-hydrogen) atoms. The van der Waals surface area contributed by atoms with Crippen LogP contribution in [0.1, 0.15) is 13.3 Å². The Morgan fingerprint density at radius 1 is 0.682 bits per heavy atom. The van der Waals surface area contributed by atoms with Gasteiger partial charge in [-0.3, -0.25) is 4.79 Å². The SMILES string of the molecule is CNCCOCCOCCOCCOCCOCCC(C)=O. The van der Waals surface area contributed by atoms with Gasteiger partial charge in [0.1, 0.15) is 5.78 Å². The topological polar surface area (TPSA) is 75.2 Å². The van der Waals surface area contributed by atoms with Crippen LogP contribution in [0.2, 0.25) is 0 Å². The van der Waals surface area contributed by atoms with Gasteiger partial charge in [0.2, 0.25) is 0 Å². The van der Waals surface area contributed by atoms with E-state index >= 15 is 0 Å². The second-order valence-corrected chi connectivity index (χ2v) is 4.62. The van der Waals surface area contributed by atoms with Gasteiger partial charge in [-0.1, -0.05) is 0 Å². The van der Waals surface area contributed by atoms with Gasteiger partial charge in [0.15, 0.2) is 0 Å². The number of Topliss-reactive ketones (excluding diaryl/α,β-unsaturated/α-hetero) is 1. The fraction of sp³-hybridized carbons (Fsp3) is 0.933. The molecule has 0 aliphatic carbocycles. The molecule has 0 bridgehead atoms. The molecule has 0 saturated carbocycles. The summed E-state index contributed by atoms with van der Waals surface area (Å²) in [7, 11) is 1.89. The van der Waals surface area contributed by atoms with Crippen molar-refractivity contribution in [1.82, 2.24) is 5.32 Å². The molecule has 7 heteroatoms. The van der Waals surface area contributed by atoms with Gasteiger partial charge in [-0.25, -0.2) is 0 Å². The van der Waals surface area contributed by atoms with E-state index in [1.165, 1.54) is 0 Å². The molecule has 0 aliphatic rings. The Morgan fingerprint density at radius 2 is 1.05 bits per heavy atom. The lowest BCUT2D eigenvalue weighted by Gasteiger charge is -2.07. The average Bonchev–Trinajstić information content (AvgIpc) is 2.50. The molecule has 0 radical (unpaired) electrons. The number of hydrogen-bond acceptors (Lipinski definition) is 7. The largest absolute Gasteiger partial charge is 0.379 e. The third-order valence-corrected chi connectivity index (χ3v) is 2.58. The maximum atomic E-state index is 10.7. The first-order chi connectivity index (χ1) is 10.8. The molecule has 0 atom stereocenters. The first-order valence-corrected chi connectivity index (χ1v) is 7.80. The Morgan fingerprint density at radius 3 is 1.41 bits per heavy atom. The lowest BCUT2D eigenvalue weighted by molar-refractivity contribution is -0.118. The second-order valence-electron chi connectivity index (χ2n) is 4.62. The van der Waals surface area contributed by atoms with Crippen LogP contribution in [0.15, 0.2) is 0 Å². The summed E-state index contributed by atoms with van der Waals surface area (Å²) in [6.45, 7) is 7.96. The maximum Gasteiger partial charge on any atom is 0.132 e. The molecule has 0 saturated heterocycles. The molecule has 0 aromatic carbocycles. The van der Waals surface area contributed by atoms with Crippen molar-refractivity contribution < 1.29 is 28.5 Å². The van der Waals surface area contributed by atoms with Crippen molar-refractivity contribution in [2.24, 2.45) is 0 Å². The van der Waals surface area contributed by atoms with Crippen LogP contribution in [-0.2, 0) is 28.5 Å². The van der Waals surface area contributed by atoms with Gasteiger partial charge in [0, 0.05) is 13.0 Å². The van der Waals surface area contributed by atoms with Crippen LogP contribution in [0.4, 0.5) is 0 Å². The van der Waals surface area contributed by atoms with E-state index in [-0.39, 0.29) is 5.78 Å². The van der Waals surface area contributed by atoms with Gasteiger partial charge >= 0.3 is 0 Å². The first kappa shape index (κ1) is 21.4. The Labute approximate surface area is 133 Å². The number of carbonyl (C=O) groups excluding carboxylic acids is 1. The monoisotopic (exact) mass is 321 g/mol. The molecule has 0 aliphatic heterocycles. The van der Waals surface area contributed by atoms with E-state index in [2.05, 4.69) is 5.32 Å². The molecule has 0 amide bonds. The fourth-order valence-electron chi connectivity index (χ4n) is 1.37. The van der Waals surface area contributed by atoms with Crippen LogP contribution in [0.3, 0.4) is 0 Å². The number of ketones is 1. The molecule has 132 valence electrons. The van der Waals surface area contributed by atoms with E-state index in [9.17, 15) is 4.79 Å². The highest BCUT2D eigenvalue weighted by atomic mass is 16.6. The minimum atomic E-state index is 0.140.